The Kier molecular flexibility index (Phi) is 53.2. The van der Waals surface area contributed by atoms with Gasteiger partial charge in [0.15, 0.2) is 6.10 Å². The van der Waals surface area contributed by atoms with Crippen LogP contribution in [0.4, 0.5) is 0 Å². The fourth-order valence-corrected chi connectivity index (χ4v) is 8.58. The van der Waals surface area contributed by atoms with Gasteiger partial charge in [0, 0.05) is 19.3 Å². The molecule has 0 spiro atoms. The predicted octanol–water partition coefficient (Wildman–Crippen LogP) is 19.3. The molecule has 6 nitrogen and oxygen atoms in total. The second kappa shape index (κ2) is 55.2. The number of unbranched alkanes of at least 4 members (excludes halogenated alkanes) is 36. The van der Waals surface area contributed by atoms with Crippen molar-refractivity contribution in [1.29, 1.82) is 0 Å². The lowest BCUT2D eigenvalue weighted by molar-refractivity contribution is -0.167. The molecule has 0 aromatic carbocycles. The molecular weight excluding hydrogens is 817 g/mol. The number of carbonyl (C=O) groups excluding carboxylic acids is 3. The number of ether oxygens (including phenoxy) is 3. The SMILES string of the molecule is CC/C=C\C/C=C\C/C=C\CCCCCC(=O)OC(COC(=O)CCCCCCCCCCCCC)COC(=O)CCCCCCCCCCCCCCCCCCCCCCCCCC. The van der Waals surface area contributed by atoms with Crippen molar-refractivity contribution >= 4 is 17.9 Å². The van der Waals surface area contributed by atoms with E-state index in [4.69, 9.17) is 14.2 Å². The van der Waals surface area contributed by atoms with Crippen LogP contribution in [-0.2, 0) is 28.6 Å². The molecule has 0 aromatic rings. The van der Waals surface area contributed by atoms with Gasteiger partial charge in [-0.1, -0.05) is 276 Å². The molecular formula is C60H110O6. The zero-order valence-corrected chi connectivity index (χ0v) is 44.2. The predicted molar refractivity (Wildman–Crippen MR) is 284 cm³/mol. The molecule has 0 fully saturated rings. The fraction of sp³-hybridized carbons (Fsp3) is 0.850. The van der Waals surface area contributed by atoms with E-state index >= 15 is 0 Å². The van der Waals surface area contributed by atoms with Gasteiger partial charge in [0.25, 0.3) is 0 Å². The van der Waals surface area contributed by atoms with Gasteiger partial charge in [-0.15, -0.1) is 0 Å². The van der Waals surface area contributed by atoms with Gasteiger partial charge in [0.1, 0.15) is 13.2 Å². The first-order valence-electron chi connectivity index (χ1n) is 29.0. The zero-order chi connectivity index (χ0) is 47.9. The first kappa shape index (κ1) is 63.6. The molecule has 1 unspecified atom stereocenters. The Morgan fingerprint density at radius 2 is 0.591 bits per heavy atom. The van der Waals surface area contributed by atoms with Crippen molar-refractivity contribution in [2.24, 2.45) is 0 Å². The van der Waals surface area contributed by atoms with E-state index in [1.165, 1.54) is 186 Å². The summed E-state index contributed by atoms with van der Waals surface area (Å²) in [4.78, 5) is 38.0. The Balaban J connectivity index is 4.19. The lowest BCUT2D eigenvalue weighted by Gasteiger charge is -2.18. The van der Waals surface area contributed by atoms with Crippen LogP contribution in [0.5, 0.6) is 0 Å². The molecule has 0 aliphatic carbocycles. The molecule has 386 valence electrons. The summed E-state index contributed by atoms with van der Waals surface area (Å²) in [6.45, 7) is 6.53. The molecule has 0 N–H and O–H groups in total. The van der Waals surface area contributed by atoms with E-state index in [9.17, 15) is 14.4 Å². The molecule has 0 bridgehead atoms. The Labute approximate surface area is 410 Å². The number of allylic oxidation sites excluding steroid dienone is 6. The van der Waals surface area contributed by atoms with E-state index in [1.54, 1.807) is 0 Å². The van der Waals surface area contributed by atoms with Crippen LogP contribution < -0.4 is 0 Å². The quantitative estimate of drug-likeness (QED) is 0.0262. The summed E-state index contributed by atoms with van der Waals surface area (Å²) in [5.74, 6) is -0.894. The van der Waals surface area contributed by atoms with Gasteiger partial charge in [0.2, 0.25) is 0 Å². The fourth-order valence-electron chi connectivity index (χ4n) is 8.58. The van der Waals surface area contributed by atoms with Crippen molar-refractivity contribution in [3.8, 4) is 0 Å². The maximum absolute atomic E-state index is 12.8. The lowest BCUT2D eigenvalue weighted by atomic mass is 10.0. The highest BCUT2D eigenvalue weighted by molar-refractivity contribution is 5.71. The molecule has 0 aliphatic rings. The second-order valence-corrected chi connectivity index (χ2v) is 19.5. The maximum atomic E-state index is 12.8. The Morgan fingerprint density at radius 3 is 0.924 bits per heavy atom. The van der Waals surface area contributed by atoms with Crippen LogP contribution in [0.15, 0.2) is 36.5 Å². The maximum Gasteiger partial charge on any atom is 0.306 e. The second-order valence-electron chi connectivity index (χ2n) is 19.5. The molecule has 0 aromatic heterocycles. The third-order valence-electron chi connectivity index (χ3n) is 12.9. The highest BCUT2D eigenvalue weighted by atomic mass is 16.6. The largest absolute Gasteiger partial charge is 0.462 e. The van der Waals surface area contributed by atoms with Gasteiger partial charge < -0.3 is 14.2 Å². The number of rotatable bonds is 53. The van der Waals surface area contributed by atoms with E-state index in [0.29, 0.717) is 19.3 Å². The molecule has 6 heteroatoms. The minimum absolute atomic E-state index is 0.0795. The van der Waals surface area contributed by atoms with Gasteiger partial charge in [-0.05, 0) is 51.4 Å². The zero-order valence-electron chi connectivity index (χ0n) is 44.2. The van der Waals surface area contributed by atoms with Crippen molar-refractivity contribution in [3.05, 3.63) is 36.5 Å². The van der Waals surface area contributed by atoms with Crippen molar-refractivity contribution in [1.82, 2.24) is 0 Å². The summed E-state index contributed by atoms with van der Waals surface area (Å²) in [6.07, 6.45) is 65.9. The summed E-state index contributed by atoms with van der Waals surface area (Å²) in [7, 11) is 0. The molecule has 0 saturated heterocycles. The van der Waals surface area contributed by atoms with Crippen LogP contribution in [0.1, 0.15) is 310 Å². The molecule has 0 radical (unpaired) electrons. The Hall–Kier alpha value is -2.37. The normalized spacial score (nSPS) is 12.2. The topological polar surface area (TPSA) is 78.9 Å². The highest BCUT2D eigenvalue weighted by Gasteiger charge is 2.19. The molecule has 0 heterocycles. The Morgan fingerprint density at radius 1 is 0.318 bits per heavy atom. The van der Waals surface area contributed by atoms with Crippen LogP contribution in [0.3, 0.4) is 0 Å². The van der Waals surface area contributed by atoms with Crippen LogP contribution in [0.25, 0.3) is 0 Å². The molecule has 1 atom stereocenters. The Bertz CT molecular complexity index is 1110. The van der Waals surface area contributed by atoms with E-state index in [-0.39, 0.29) is 31.1 Å². The van der Waals surface area contributed by atoms with Gasteiger partial charge in [-0.2, -0.15) is 0 Å². The monoisotopic (exact) mass is 927 g/mol. The molecule has 0 saturated carbocycles. The van der Waals surface area contributed by atoms with Crippen LogP contribution in [0, 0.1) is 0 Å². The van der Waals surface area contributed by atoms with Crippen molar-refractivity contribution in [2.45, 2.75) is 316 Å². The van der Waals surface area contributed by atoms with Gasteiger partial charge in [0.05, 0.1) is 0 Å². The molecule has 66 heavy (non-hydrogen) atoms. The van der Waals surface area contributed by atoms with Gasteiger partial charge in [-0.3, -0.25) is 14.4 Å². The standard InChI is InChI=1S/C60H110O6/c1-4-7-10-13-16-19-22-24-25-26-27-28-29-30-31-32-33-34-36-38-41-44-47-50-53-59(62)65-56-57(55-64-58(61)52-49-46-43-40-37-21-18-15-12-9-6-3)66-60(63)54-51-48-45-42-39-35-23-20-17-14-11-8-5-2/h8,11,17,20,35,39,57H,4-7,9-10,12-16,18-19,21-34,36-38,40-56H2,1-3H3/b11-8-,20-17-,39-35-. The van der Waals surface area contributed by atoms with Gasteiger partial charge in [-0.25, -0.2) is 0 Å². The number of hydrogen-bond donors (Lipinski definition) is 0. The number of hydrogen-bond acceptors (Lipinski definition) is 6. The summed E-state index contributed by atoms with van der Waals surface area (Å²) in [5.41, 5.74) is 0. The average Bonchev–Trinajstić information content (AvgIpc) is 3.31. The first-order chi connectivity index (χ1) is 32.5. The minimum Gasteiger partial charge on any atom is -0.462 e. The smallest absolute Gasteiger partial charge is 0.306 e. The highest BCUT2D eigenvalue weighted by Crippen LogP contribution is 2.17. The molecule has 0 amide bonds. The summed E-state index contributed by atoms with van der Waals surface area (Å²) < 4.78 is 16.8. The number of esters is 3. The number of carbonyl (C=O) groups is 3. The third-order valence-corrected chi connectivity index (χ3v) is 12.9. The summed E-state index contributed by atoms with van der Waals surface area (Å²) >= 11 is 0. The van der Waals surface area contributed by atoms with Crippen molar-refractivity contribution in [2.75, 3.05) is 13.2 Å². The van der Waals surface area contributed by atoms with Gasteiger partial charge >= 0.3 is 17.9 Å². The van der Waals surface area contributed by atoms with Crippen LogP contribution in [-0.4, -0.2) is 37.2 Å². The summed E-state index contributed by atoms with van der Waals surface area (Å²) in [6, 6.07) is 0. The molecule has 0 rings (SSSR count). The summed E-state index contributed by atoms with van der Waals surface area (Å²) in [5, 5.41) is 0. The van der Waals surface area contributed by atoms with Crippen LogP contribution in [0.2, 0.25) is 0 Å². The van der Waals surface area contributed by atoms with Crippen LogP contribution >= 0.6 is 0 Å². The average molecular weight is 928 g/mol. The van der Waals surface area contributed by atoms with E-state index in [0.717, 1.165) is 83.5 Å². The van der Waals surface area contributed by atoms with E-state index < -0.39 is 6.10 Å². The lowest BCUT2D eigenvalue weighted by Crippen LogP contribution is -2.30. The molecule has 0 aliphatic heterocycles. The third kappa shape index (κ3) is 52.6. The first-order valence-corrected chi connectivity index (χ1v) is 29.0. The van der Waals surface area contributed by atoms with E-state index in [2.05, 4.69) is 57.2 Å². The van der Waals surface area contributed by atoms with E-state index in [1.807, 2.05) is 0 Å². The van der Waals surface area contributed by atoms with Crippen molar-refractivity contribution < 1.29 is 28.6 Å². The minimum atomic E-state index is -0.782. The van der Waals surface area contributed by atoms with Crippen molar-refractivity contribution in [3.63, 3.8) is 0 Å².